The SMILES string of the molecule is O=S(=O)(O)c1ccccc1/C=C/c1ccccc1S(=O)(=O)O.[H-].[H-].[Na+].[Na+]. The number of hydrogen-bond donors (Lipinski definition) is 2. The van der Waals surface area contributed by atoms with Crippen LogP contribution in [-0.4, -0.2) is 25.9 Å². The fraction of sp³-hybridized carbons (Fsp3) is 0. The van der Waals surface area contributed by atoms with Gasteiger partial charge in [-0.1, -0.05) is 48.6 Å². The Balaban J connectivity index is -0.00000132. The molecule has 0 aromatic heterocycles. The molecule has 2 aromatic rings. The van der Waals surface area contributed by atoms with Crippen LogP contribution in [0.15, 0.2) is 58.3 Å². The summed E-state index contributed by atoms with van der Waals surface area (Å²) in [4.78, 5) is -0.592. The van der Waals surface area contributed by atoms with E-state index in [9.17, 15) is 16.8 Å². The van der Waals surface area contributed by atoms with Crippen LogP contribution in [0.5, 0.6) is 0 Å². The molecule has 0 bridgehead atoms. The molecule has 0 aliphatic carbocycles. The zero-order valence-corrected chi connectivity index (χ0v) is 18.8. The first-order valence-electron chi connectivity index (χ1n) is 6.01. The average molecular weight is 388 g/mol. The standard InChI is InChI=1S/C14H12O6S2.2Na.2H/c15-21(16,17)13-7-3-1-5-11(13)9-10-12-6-2-4-8-14(12)22(18,19)20;;;;/h1-10H,(H,15,16,17)(H,18,19,20);;;;/q;2*+1;2*-1/b10-9+;;;;. The van der Waals surface area contributed by atoms with E-state index in [1.807, 2.05) is 0 Å². The van der Waals surface area contributed by atoms with E-state index < -0.39 is 20.2 Å². The average Bonchev–Trinajstić information content (AvgIpc) is 2.44. The minimum absolute atomic E-state index is 0. The zero-order valence-electron chi connectivity index (χ0n) is 15.1. The van der Waals surface area contributed by atoms with Gasteiger partial charge >= 0.3 is 59.1 Å². The van der Waals surface area contributed by atoms with Crippen LogP contribution in [0.4, 0.5) is 0 Å². The van der Waals surface area contributed by atoms with Gasteiger partial charge in [0.2, 0.25) is 0 Å². The monoisotopic (exact) mass is 388 g/mol. The maximum absolute atomic E-state index is 11.3. The van der Waals surface area contributed by atoms with Crippen LogP contribution in [0.25, 0.3) is 12.2 Å². The van der Waals surface area contributed by atoms with Gasteiger partial charge < -0.3 is 2.85 Å². The fourth-order valence-electron chi connectivity index (χ4n) is 1.89. The quantitative estimate of drug-likeness (QED) is 0.321. The van der Waals surface area contributed by atoms with Gasteiger partial charge in [0.15, 0.2) is 0 Å². The van der Waals surface area contributed by atoms with Gasteiger partial charge in [0.1, 0.15) is 9.79 Å². The van der Waals surface area contributed by atoms with Crippen molar-refractivity contribution in [2.45, 2.75) is 9.79 Å². The van der Waals surface area contributed by atoms with Crippen LogP contribution in [0.2, 0.25) is 0 Å². The molecular weight excluding hydrogens is 374 g/mol. The largest absolute Gasteiger partial charge is 1.00 e. The first-order valence-corrected chi connectivity index (χ1v) is 8.89. The molecule has 2 N–H and O–H groups in total. The summed E-state index contributed by atoms with van der Waals surface area (Å²) in [5.41, 5.74) is 0.380. The molecule has 10 heteroatoms. The van der Waals surface area contributed by atoms with Crippen LogP contribution < -0.4 is 59.1 Å². The smallest absolute Gasteiger partial charge is 1.00 e. The second-order valence-electron chi connectivity index (χ2n) is 4.36. The summed E-state index contributed by atoms with van der Waals surface area (Å²) in [7, 11) is -8.79. The van der Waals surface area contributed by atoms with Crippen molar-refractivity contribution in [3.63, 3.8) is 0 Å². The summed E-state index contributed by atoms with van der Waals surface area (Å²) in [5.74, 6) is 0. The normalized spacial score (nSPS) is 11.6. The topological polar surface area (TPSA) is 109 Å². The van der Waals surface area contributed by atoms with Gasteiger partial charge in [-0.3, -0.25) is 9.11 Å². The van der Waals surface area contributed by atoms with Crippen LogP contribution in [0.3, 0.4) is 0 Å². The Kier molecular flexibility index (Phi) is 9.63. The van der Waals surface area contributed by atoms with Gasteiger partial charge in [-0.2, -0.15) is 16.8 Å². The maximum Gasteiger partial charge on any atom is 1.00 e. The fourth-order valence-corrected chi connectivity index (χ4v) is 3.25. The molecule has 0 saturated carbocycles. The Bertz CT molecular complexity index is 870. The van der Waals surface area contributed by atoms with E-state index in [0.717, 1.165) is 0 Å². The molecule has 0 heterocycles. The van der Waals surface area contributed by atoms with Gasteiger partial charge in [-0.15, -0.1) is 0 Å². The van der Waals surface area contributed by atoms with Gasteiger partial charge in [-0.05, 0) is 23.3 Å². The Morgan fingerprint density at radius 3 is 1.25 bits per heavy atom. The van der Waals surface area contributed by atoms with Crippen molar-refractivity contribution in [1.29, 1.82) is 0 Å². The Hall–Kier alpha value is 0.000000000000000888. The van der Waals surface area contributed by atoms with Gasteiger partial charge in [0.05, 0.1) is 0 Å². The second-order valence-corrected chi connectivity index (χ2v) is 7.14. The molecule has 0 unspecified atom stereocenters. The van der Waals surface area contributed by atoms with Crippen molar-refractivity contribution in [2.75, 3.05) is 0 Å². The summed E-state index contributed by atoms with van der Waals surface area (Å²) in [6.45, 7) is 0. The summed E-state index contributed by atoms with van der Waals surface area (Å²) < 4.78 is 63.4. The molecular formula is C14H14Na2O6S2. The van der Waals surface area contributed by atoms with Crippen LogP contribution in [0.1, 0.15) is 14.0 Å². The molecule has 0 spiro atoms. The summed E-state index contributed by atoms with van der Waals surface area (Å²) in [6, 6.07) is 11.4. The van der Waals surface area contributed by atoms with Crippen molar-refractivity contribution in [2.24, 2.45) is 0 Å². The van der Waals surface area contributed by atoms with E-state index in [4.69, 9.17) is 9.11 Å². The van der Waals surface area contributed by atoms with Crippen LogP contribution in [0, 0.1) is 0 Å². The molecule has 6 nitrogen and oxygen atoms in total. The van der Waals surface area contributed by atoms with Crippen molar-refractivity contribution >= 4 is 32.4 Å². The van der Waals surface area contributed by atoms with Crippen molar-refractivity contribution < 1.29 is 87.9 Å². The molecule has 0 radical (unpaired) electrons. The van der Waals surface area contributed by atoms with E-state index in [0.29, 0.717) is 0 Å². The summed E-state index contributed by atoms with van der Waals surface area (Å²) in [6.07, 6.45) is 2.68. The zero-order chi connectivity index (χ0) is 16.4. The Morgan fingerprint density at radius 2 is 0.958 bits per heavy atom. The Labute approximate surface area is 188 Å². The van der Waals surface area contributed by atoms with Crippen LogP contribution >= 0.6 is 0 Å². The van der Waals surface area contributed by atoms with Crippen LogP contribution in [-0.2, 0) is 20.2 Å². The number of hydrogen-bond acceptors (Lipinski definition) is 4. The minimum Gasteiger partial charge on any atom is -1.00 e. The second kappa shape index (κ2) is 9.63. The summed E-state index contributed by atoms with van der Waals surface area (Å²) >= 11 is 0. The molecule has 0 amide bonds. The third-order valence-electron chi connectivity index (χ3n) is 2.84. The molecule has 0 atom stereocenters. The third-order valence-corrected chi connectivity index (χ3v) is 4.69. The molecule has 0 aliphatic heterocycles. The molecule has 2 aromatic carbocycles. The van der Waals surface area contributed by atoms with Gasteiger partial charge in [-0.25, -0.2) is 0 Å². The molecule has 0 aliphatic rings. The van der Waals surface area contributed by atoms with E-state index in [-0.39, 0.29) is 82.9 Å². The number of rotatable bonds is 4. The van der Waals surface area contributed by atoms with E-state index in [1.54, 1.807) is 12.1 Å². The molecule has 120 valence electrons. The molecule has 0 fully saturated rings. The third kappa shape index (κ3) is 6.38. The Morgan fingerprint density at radius 1 is 0.667 bits per heavy atom. The van der Waals surface area contributed by atoms with Gasteiger partial charge in [0.25, 0.3) is 20.2 Å². The first kappa shape index (κ1) is 24.0. The predicted molar refractivity (Wildman–Crippen MR) is 83.7 cm³/mol. The minimum atomic E-state index is -4.40. The first-order chi connectivity index (χ1) is 10.2. The molecule has 2 rings (SSSR count). The van der Waals surface area contributed by atoms with E-state index >= 15 is 0 Å². The van der Waals surface area contributed by atoms with E-state index in [2.05, 4.69) is 0 Å². The van der Waals surface area contributed by atoms with Gasteiger partial charge in [0, 0.05) is 0 Å². The van der Waals surface area contributed by atoms with Crippen molar-refractivity contribution in [3.05, 3.63) is 59.7 Å². The summed E-state index contributed by atoms with van der Waals surface area (Å²) in [5, 5.41) is 0. The number of benzene rings is 2. The molecule has 0 saturated heterocycles. The molecule has 24 heavy (non-hydrogen) atoms. The van der Waals surface area contributed by atoms with E-state index in [1.165, 1.54) is 48.6 Å². The van der Waals surface area contributed by atoms with Crippen molar-refractivity contribution in [1.82, 2.24) is 0 Å². The maximum atomic E-state index is 11.3. The predicted octanol–water partition coefficient (Wildman–Crippen LogP) is -3.42. The van der Waals surface area contributed by atoms with Crippen molar-refractivity contribution in [3.8, 4) is 0 Å².